The van der Waals surface area contributed by atoms with Gasteiger partial charge < -0.3 is 15.0 Å². The van der Waals surface area contributed by atoms with Gasteiger partial charge in [-0.1, -0.05) is 31.5 Å². The first-order valence-corrected chi connectivity index (χ1v) is 7.52. The number of amides is 2. The van der Waals surface area contributed by atoms with Crippen molar-refractivity contribution in [1.29, 1.82) is 0 Å². The highest BCUT2D eigenvalue weighted by Crippen LogP contribution is 2.11. The van der Waals surface area contributed by atoms with Crippen LogP contribution in [0.2, 0.25) is 0 Å². The number of hydrogen-bond acceptors (Lipinski definition) is 3. The van der Waals surface area contributed by atoms with Crippen molar-refractivity contribution in [3.63, 3.8) is 0 Å². The molecule has 122 valence electrons. The Bertz CT molecular complexity index is 497. The second-order valence-electron chi connectivity index (χ2n) is 5.84. The van der Waals surface area contributed by atoms with Crippen LogP contribution in [-0.2, 0) is 9.59 Å². The fourth-order valence-corrected chi connectivity index (χ4v) is 2.02. The summed E-state index contributed by atoms with van der Waals surface area (Å²) in [5.74, 6) is 0.527. The van der Waals surface area contributed by atoms with Crippen molar-refractivity contribution in [2.24, 2.45) is 5.92 Å². The summed E-state index contributed by atoms with van der Waals surface area (Å²) in [6.07, 6.45) is 0. The van der Waals surface area contributed by atoms with Gasteiger partial charge in [0, 0.05) is 14.0 Å². The Morgan fingerprint density at radius 3 is 2.32 bits per heavy atom. The Labute approximate surface area is 132 Å². The third-order valence-electron chi connectivity index (χ3n) is 3.38. The molecule has 0 aliphatic carbocycles. The van der Waals surface area contributed by atoms with Gasteiger partial charge in [-0.15, -0.1) is 0 Å². The Balaban J connectivity index is 2.48. The van der Waals surface area contributed by atoms with Crippen molar-refractivity contribution in [1.82, 2.24) is 10.2 Å². The fraction of sp³-hybridized carbons (Fsp3) is 0.529. The van der Waals surface area contributed by atoms with Crippen LogP contribution >= 0.6 is 0 Å². The molecule has 0 aliphatic heterocycles. The lowest BCUT2D eigenvalue weighted by atomic mass is 10.0. The van der Waals surface area contributed by atoms with Crippen LogP contribution in [0.25, 0.3) is 0 Å². The van der Waals surface area contributed by atoms with E-state index < -0.39 is 6.04 Å². The van der Waals surface area contributed by atoms with E-state index >= 15 is 0 Å². The average molecular weight is 306 g/mol. The van der Waals surface area contributed by atoms with E-state index in [4.69, 9.17) is 4.74 Å². The highest BCUT2D eigenvalue weighted by atomic mass is 16.5. The summed E-state index contributed by atoms with van der Waals surface area (Å²) < 4.78 is 5.62. The maximum Gasteiger partial charge on any atom is 0.245 e. The Hall–Kier alpha value is -2.04. The molecule has 1 aromatic carbocycles. The van der Waals surface area contributed by atoms with Gasteiger partial charge in [0.15, 0.2) is 0 Å². The molecule has 0 bridgehead atoms. The lowest BCUT2D eigenvalue weighted by molar-refractivity contribution is -0.136. The van der Waals surface area contributed by atoms with Gasteiger partial charge in [-0.2, -0.15) is 0 Å². The van der Waals surface area contributed by atoms with Crippen molar-refractivity contribution < 1.29 is 14.3 Å². The van der Waals surface area contributed by atoms with Gasteiger partial charge in [0.2, 0.25) is 11.8 Å². The van der Waals surface area contributed by atoms with Crippen molar-refractivity contribution in [2.75, 3.05) is 20.2 Å². The van der Waals surface area contributed by atoms with Gasteiger partial charge in [0.25, 0.3) is 0 Å². The van der Waals surface area contributed by atoms with Gasteiger partial charge in [-0.05, 0) is 25.0 Å². The topological polar surface area (TPSA) is 58.6 Å². The molecule has 5 heteroatoms. The second kappa shape index (κ2) is 8.41. The van der Waals surface area contributed by atoms with Gasteiger partial charge in [-0.3, -0.25) is 9.59 Å². The van der Waals surface area contributed by atoms with E-state index in [0.717, 1.165) is 5.75 Å². The van der Waals surface area contributed by atoms with Gasteiger partial charge in [-0.25, -0.2) is 0 Å². The number of nitrogens with one attached hydrogen (secondary N) is 1. The van der Waals surface area contributed by atoms with Crippen LogP contribution < -0.4 is 10.1 Å². The summed E-state index contributed by atoms with van der Waals surface area (Å²) in [4.78, 5) is 25.2. The Morgan fingerprint density at radius 2 is 1.82 bits per heavy atom. The molecule has 2 amide bonds. The smallest absolute Gasteiger partial charge is 0.245 e. The number of rotatable bonds is 7. The van der Waals surface area contributed by atoms with E-state index in [-0.39, 0.29) is 17.7 Å². The molecule has 22 heavy (non-hydrogen) atoms. The molecule has 0 saturated heterocycles. The monoisotopic (exact) mass is 306 g/mol. The molecule has 0 spiro atoms. The molecule has 1 atom stereocenters. The first-order chi connectivity index (χ1) is 10.3. The third-order valence-corrected chi connectivity index (χ3v) is 3.38. The number of carbonyl (C=O) groups excluding carboxylic acids is 2. The molecular weight excluding hydrogens is 280 g/mol. The molecule has 1 rings (SSSR count). The predicted molar refractivity (Wildman–Crippen MR) is 86.8 cm³/mol. The largest absolute Gasteiger partial charge is 0.492 e. The zero-order valence-corrected chi connectivity index (χ0v) is 14.1. The number of benzene rings is 1. The maximum atomic E-state index is 12.4. The minimum absolute atomic E-state index is 0.0388. The van der Waals surface area contributed by atoms with Crippen LogP contribution in [0.3, 0.4) is 0 Å². The zero-order chi connectivity index (χ0) is 16.7. The minimum atomic E-state index is -0.498. The lowest BCUT2D eigenvalue weighted by Gasteiger charge is -2.26. The van der Waals surface area contributed by atoms with E-state index in [1.165, 1.54) is 12.5 Å². The molecule has 1 N–H and O–H groups in total. The minimum Gasteiger partial charge on any atom is -0.492 e. The molecule has 5 nitrogen and oxygen atoms in total. The molecule has 0 aromatic heterocycles. The Kier molecular flexibility index (Phi) is 6.89. The molecule has 0 radical (unpaired) electrons. The summed E-state index contributed by atoms with van der Waals surface area (Å²) in [5, 5.41) is 2.70. The van der Waals surface area contributed by atoms with Crippen LogP contribution in [0.1, 0.15) is 26.3 Å². The zero-order valence-electron chi connectivity index (χ0n) is 14.1. The molecular formula is C17H26N2O3. The normalized spacial score (nSPS) is 11.9. The number of ether oxygens (including phenoxy) is 1. The molecule has 1 unspecified atom stereocenters. The summed E-state index contributed by atoms with van der Waals surface area (Å²) in [5.41, 5.74) is 1.18. The maximum absolute atomic E-state index is 12.4. The second-order valence-corrected chi connectivity index (χ2v) is 5.84. The summed E-state index contributed by atoms with van der Waals surface area (Å²) in [7, 11) is 1.72. The van der Waals surface area contributed by atoms with Crippen molar-refractivity contribution >= 4 is 11.8 Å². The van der Waals surface area contributed by atoms with Crippen LogP contribution in [-0.4, -0.2) is 43.0 Å². The van der Waals surface area contributed by atoms with Crippen LogP contribution in [0.4, 0.5) is 0 Å². The van der Waals surface area contributed by atoms with Crippen molar-refractivity contribution in [2.45, 2.75) is 33.7 Å². The van der Waals surface area contributed by atoms with E-state index in [0.29, 0.717) is 13.2 Å². The summed E-state index contributed by atoms with van der Waals surface area (Å²) in [6.45, 7) is 8.14. The molecule has 0 saturated carbocycles. The molecule has 0 heterocycles. The summed E-state index contributed by atoms with van der Waals surface area (Å²) >= 11 is 0. The van der Waals surface area contributed by atoms with E-state index in [1.54, 1.807) is 11.9 Å². The van der Waals surface area contributed by atoms with Gasteiger partial charge in [0.05, 0.1) is 6.54 Å². The van der Waals surface area contributed by atoms with Crippen LogP contribution in [0, 0.1) is 12.8 Å². The van der Waals surface area contributed by atoms with E-state index in [1.807, 2.05) is 45.0 Å². The first-order valence-electron chi connectivity index (χ1n) is 7.52. The Morgan fingerprint density at radius 1 is 1.23 bits per heavy atom. The van der Waals surface area contributed by atoms with Gasteiger partial charge in [0.1, 0.15) is 18.4 Å². The number of nitrogens with zero attached hydrogens (tertiary/aromatic N) is 1. The third kappa shape index (κ3) is 5.76. The fourth-order valence-electron chi connectivity index (χ4n) is 2.02. The van der Waals surface area contributed by atoms with Crippen LogP contribution in [0.15, 0.2) is 24.3 Å². The number of aryl methyl sites for hydroxylation is 1. The lowest BCUT2D eigenvalue weighted by Crippen LogP contribution is -2.50. The van der Waals surface area contributed by atoms with Crippen LogP contribution in [0.5, 0.6) is 5.75 Å². The average Bonchev–Trinajstić information content (AvgIpc) is 2.45. The highest BCUT2D eigenvalue weighted by molar-refractivity contribution is 5.86. The van der Waals surface area contributed by atoms with E-state index in [9.17, 15) is 9.59 Å². The number of hydrogen-bond donors (Lipinski definition) is 1. The standard InChI is InChI=1S/C17H26N2O3/c1-12(2)16(18-14(4)20)17(21)19(5)10-11-22-15-8-6-13(3)7-9-15/h6-9,12,16H,10-11H2,1-5H3,(H,18,20). The summed E-state index contributed by atoms with van der Waals surface area (Å²) in [6, 6.07) is 7.28. The highest BCUT2D eigenvalue weighted by Gasteiger charge is 2.25. The molecule has 0 fully saturated rings. The van der Waals surface area contributed by atoms with Crippen molar-refractivity contribution in [3.05, 3.63) is 29.8 Å². The van der Waals surface area contributed by atoms with E-state index in [2.05, 4.69) is 5.32 Å². The number of carbonyl (C=O) groups is 2. The van der Waals surface area contributed by atoms with Gasteiger partial charge >= 0.3 is 0 Å². The van der Waals surface area contributed by atoms with Crippen molar-refractivity contribution in [3.8, 4) is 5.75 Å². The molecule has 1 aromatic rings. The quantitative estimate of drug-likeness (QED) is 0.838. The number of likely N-dealkylation sites (N-methyl/N-ethyl adjacent to an activating group) is 1. The molecule has 0 aliphatic rings. The predicted octanol–water partition coefficient (Wildman–Crippen LogP) is 1.99. The first kappa shape index (κ1) is 18.0. The SMILES string of the molecule is CC(=O)NC(C(=O)N(C)CCOc1ccc(C)cc1)C(C)C.